The molecule has 0 saturated carbocycles. The van der Waals surface area contributed by atoms with Gasteiger partial charge in [-0.05, 0) is 41.8 Å². The maximum absolute atomic E-state index is 13.1. The van der Waals surface area contributed by atoms with Crippen LogP contribution in [-0.4, -0.2) is 19.2 Å². The van der Waals surface area contributed by atoms with Crippen molar-refractivity contribution in [3.05, 3.63) is 63.1 Å². The Labute approximate surface area is 183 Å². The van der Waals surface area contributed by atoms with E-state index in [4.69, 9.17) is 23.2 Å². The monoisotopic (exact) mass is 485 g/mol. The van der Waals surface area contributed by atoms with Crippen molar-refractivity contribution >= 4 is 41.1 Å². The molecule has 2 aromatic rings. The average molecular weight is 486 g/mol. The second kappa shape index (κ2) is 9.48. The zero-order valence-corrected chi connectivity index (χ0v) is 17.3. The molecule has 0 N–H and O–H groups in total. The summed E-state index contributed by atoms with van der Waals surface area (Å²) in [6.07, 6.45) is -10.0. The minimum atomic E-state index is -5.04. The molecule has 1 atom stereocenters. The van der Waals surface area contributed by atoms with Crippen LogP contribution in [0.5, 0.6) is 0 Å². The van der Waals surface area contributed by atoms with Gasteiger partial charge in [-0.1, -0.05) is 29.3 Å². The molecule has 168 valence electrons. The Balaban J connectivity index is 2.38. The number of nitrogens with zero attached hydrogens (tertiary/aromatic N) is 1. The number of anilines is 1. The number of hydrogen-bond acceptors (Lipinski definition) is 2. The van der Waals surface area contributed by atoms with Crippen molar-refractivity contribution in [2.75, 3.05) is 11.9 Å². The Bertz CT molecular complexity index is 943. The van der Waals surface area contributed by atoms with Crippen LogP contribution in [0.2, 0.25) is 10.0 Å². The van der Waals surface area contributed by atoms with E-state index in [2.05, 4.69) is 0 Å². The molecular weight excluding hydrogens is 471 g/mol. The van der Waals surface area contributed by atoms with Gasteiger partial charge in [-0.3, -0.25) is 4.79 Å². The molecule has 2 rings (SSSR count). The Morgan fingerprint density at radius 3 is 1.97 bits per heavy atom. The number of halogens is 8. The third-order valence-electron chi connectivity index (χ3n) is 4.55. The number of carbonyl (C=O) groups is 2. The zero-order valence-electron chi connectivity index (χ0n) is 15.8. The van der Waals surface area contributed by atoms with E-state index in [9.17, 15) is 35.9 Å². The summed E-state index contributed by atoms with van der Waals surface area (Å²) in [5, 5.41) is 0.408. The van der Waals surface area contributed by atoms with Gasteiger partial charge >= 0.3 is 12.4 Å². The van der Waals surface area contributed by atoms with Gasteiger partial charge in [-0.25, -0.2) is 0 Å². The van der Waals surface area contributed by atoms with Gasteiger partial charge in [0.25, 0.3) is 0 Å². The van der Waals surface area contributed by atoms with Crippen LogP contribution < -0.4 is 4.90 Å². The highest BCUT2D eigenvalue weighted by Gasteiger charge is 2.37. The minimum Gasteiger partial charge on any atom is -0.315 e. The fraction of sp³-hybridized carbons (Fsp3) is 0.300. The largest absolute Gasteiger partial charge is 0.416 e. The van der Waals surface area contributed by atoms with Gasteiger partial charge in [0, 0.05) is 25.6 Å². The topological polar surface area (TPSA) is 37.4 Å². The molecule has 0 radical (unpaired) electrons. The highest BCUT2D eigenvalue weighted by Crippen LogP contribution is 2.38. The molecule has 3 nitrogen and oxygen atoms in total. The maximum Gasteiger partial charge on any atom is 0.416 e. The summed E-state index contributed by atoms with van der Waals surface area (Å²) in [5.41, 5.74) is -3.17. The first kappa shape index (κ1) is 25.0. The van der Waals surface area contributed by atoms with E-state index in [1.807, 2.05) is 0 Å². The fourth-order valence-electron chi connectivity index (χ4n) is 2.84. The number of aldehydes is 1. The van der Waals surface area contributed by atoms with Crippen molar-refractivity contribution in [1.29, 1.82) is 0 Å². The van der Waals surface area contributed by atoms with Crippen molar-refractivity contribution in [1.82, 2.24) is 0 Å². The second-order valence-electron chi connectivity index (χ2n) is 6.69. The first-order valence-corrected chi connectivity index (χ1v) is 9.44. The van der Waals surface area contributed by atoms with Crippen LogP contribution in [0, 0.1) is 0 Å². The Morgan fingerprint density at radius 2 is 1.52 bits per heavy atom. The maximum atomic E-state index is 13.1. The van der Waals surface area contributed by atoms with Gasteiger partial charge in [0.05, 0.1) is 21.2 Å². The molecule has 0 aliphatic rings. The lowest BCUT2D eigenvalue weighted by atomic mass is 9.92. The zero-order chi connectivity index (χ0) is 23.6. The molecule has 0 aromatic heterocycles. The number of alkyl halides is 6. The Morgan fingerprint density at radius 1 is 0.968 bits per heavy atom. The Kier molecular flexibility index (Phi) is 7.65. The lowest BCUT2D eigenvalue weighted by Gasteiger charge is -2.23. The number of hydrogen-bond donors (Lipinski definition) is 0. The van der Waals surface area contributed by atoms with Crippen molar-refractivity contribution in [3.63, 3.8) is 0 Å². The fourth-order valence-corrected chi connectivity index (χ4v) is 3.15. The van der Waals surface area contributed by atoms with E-state index in [1.54, 1.807) is 0 Å². The van der Waals surface area contributed by atoms with Gasteiger partial charge in [0.15, 0.2) is 0 Å². The van der Waals surface area contributed by atoms with E-state index < -0.39 is 41.0 Å². The lowest BCUT2D eigenvalue weighted by molar-refractivity contribution is -0.143. The standard InChI is InChI=1S/C20H15Cl2F6NO2/c1-29(15-9-13(19(23,24)25)8-14(10-15)20(26,27)28)18(31)7-12(4-5-30)11-2-3-16(21)17(22)6-11/h2-3,5-6,8-10,12H,4,7H2,1H3. The van der Waals surface area contributed by atoms with Crippen molar-refractivity contribution in [3.8, 4) is 0 Å². The predicted octanol–water partition coefficient (Wildman–Crippen LogP) is 6.76. The molecule has 0 aliphatic heterocycles. The number of benzene rings is 2. The highest BCUT2D eigenvalue weighted by atomic mass is 35.5. The number of amides is 1. The molecule has 2 aromatic carbocycles. The number of rotatable bonds is 6. The summed E-state index contributed by atoms with van der Waals surface area (Å²) in [5.74, 6) is -1.49. The van der Waals surface area contributed by atoms with Crippen LogP contribution in [0.15, 0.2) is 36.4 Å². The molecule has 1 unspecified atom stereocenters. The second-order valence-corrected chi connectivity index (χ2v) is 7.51. The van der Waals surface area contributed by atoms with E-state index in [0.717, 1.165) is 7.05 Å². The van der Waals surface area contributed by atoms with Crippen LogP contribution >= 0.6 is 23.2 Å². The van der Waals surface area contributed by atoms with Crippen LogP contribution in [0.1, 0.15) is 35.4 Å². The summed E-state index contributed by atoms with van der Waals surface area (Å²) in [4.78, 5) is 24.4. The van der Waals surface area contributed by atoms with Crippen LogP contribution in [0.4, 0.5) is 32.0 Å². The van der Waals surface area contributed by atoms with Crippen LogP contribution in [-0.2, 0) is 21.9 Å². The molecule has 0 spiro atoms. The number of carbonyl (C=O) groups excluding carboxylic acids is 2. The smallest absolute Gasteiger partial charge is 0.315 e. The SMILES string of the molecule is CN(C(=O)CC(CC=O)c1ccc(Cl)c(Cl)c1)c1cc(C(F)(F)F)cc(C(F)(F)F)c1. The summed E-state index contributed by atoms with van der Waals surface area (Å²) in [6.45, 7) is 0. The van der Waals surface area contributed by atoms with E-state index in [-0.39, 0.29) is 29.0 Å². The van der Waals surface area contributed by atoms with Crippen molar-refractivity contribution < 1.29 is 35.9 Å². The predicted molar refractivity (Wildman–Crippen MR) is 104 cm³/mol. The molecular formula is C20H15Cl2F6NO2. The molecule has 11 heteroatoms. The lowest BCUT2D eigenvalue weighted by Crippen LogP contribution is -2.28. The third-order valence-corrected chi connectivity index (χ3v) is 5.29. The molecule has 0 bridgehead atoms. The van der Waals surface area contributed by atoms with E-state index in [1.165, 1.54) is 18.2 Å². The minimum absolute atomic E-state index is 0.0211. The summed E-state index contributed by atoms with van der Waals surface area (Å²) < 4.78 is 78.4. The van der Waals surface area contributed by atoms with Crippen LogP contribution in [0.25, 0.3) is 0 Å². The molecule has 0 saturated heterocycles. The van der Waals surface area contributed by atoms with Gasteiger partial charge < -0.3 is 9.69 Å². The first-order valence-electron chi connectivity index (χ1n) is 8.68. The van der Waals surface area contributed by atoms with Crippen LogP contribution in [0.3, 0.4) is 0 Å². The van der Waals surface area contributed by atoms with E-state index in [0.29, 0.717) is 28.9 Å². The third kappa shape index (κ3) is 6.36. The molecule has 31 heavy (non-hydrogen) atoms. The quantitative estimate of drug-likeness (QED) is 0.335. The average Bonchev–Trinajstić information content (AvgIpc) is 2.67. The van der Waals surface area contributed by atoms with Gasteiger partial charge in [0.2, 0.25) is 5.91 Å². The molecule has 1 amide bonds. The molecule has 0 aliphatic carbocycles. The first-order chi connectivity index (χ1) is 14.2. The van der Waals surface area contributed by atoms with Gasteiger partial charge in [-0.15, -0.1) is 0 Å². The summed E-state index contributed by atoms with van der Waals surface area (Å²) in [6, 6.07) is 5.32. The van der Waals surface area contributed by atoms with Gasteiger partial charge in [0.1, 0.15) is 6.29 Å². The normalized spacial score (nSPS) is 13.1. The van der Waals surface area contributed by atoms with Crippen molar-refractivity contribution in [2.45, 2.75) is 31.1 Å². The molecule has 0 heterocycles. The summed E-state index contributed by atoms with van der Waals surface area (Å²) in [7, 11) is 1.06. The molecule has 0 fully saturated rings. The van der Waals surface area contributed by atoms with E-state index >= 15 is 0 Å². The Hall–Kier alpha value is -2.26. The van der Waals surface area contributed by atoms with Crippen molar-refractivity contribution in [2.24, 2.45) is 0 Å². The summed E-state index contributed by atoms with van der Waals surface area (Å²) >= 11 is 11.8. The highest BCUT2D eigenvalue weighted by molar-refractivity contribution is 6.42. The van der Waals surface area contributed by atoms with Gasteiger partial charge in [-0.2, -0.15) is 26.3 Å².